The van der Waals surface area contributed by atoms with Gasteiger partial charge in [-0.1, -0.05) is 88.5 Å². The zero-order valence-corrected chi connectivity index (χ0v) is 21.0. The minimum absolute atomic E-state index is 0.0338. The van der Waals surface area contributed by atoms with Gasteiger partial charge in [0.1, 0.15) is 0 Å². The smallest absolute Gasteiger partial charge is 0.244 e. The van der Waals surface area contributed by atoms with E-state index in [1.54, 1.807) is 5.48 Å². The number of rotatable bonds is 13. The molecule has 0 radical (unpaired) electrons. The van der Waals surface area contributed by atoms with Crippen LogP contribution in [0.3, 0.4) is 0 Å². The van der Waals surface area contributed by atoms with Gasteiger partial charge in [0.15, 0.2) is 0 Å². The van der Waals surface area contributed by atoms with E-state index in [4.69, 9.17) is 17.4 Å². The van der Waals surface area contributed by atoms with E-state index in [9.17, 15) is 9.59 Å². The lowest BCUT2D eigenvalue weighted by atomic mass is 9.84. The molecular formula is C26H41N3O3S. The van der Waals surface area contributed by atoms with Crippen molar-refractivity contribution >= 4 is 29.0 Å². The molecule has 0 aromatic heterocycles. The Kier molecular flexibility index (Phi) is 12.4. The zero-order chi connectivity index (χ0) is 24.1. The summed E-state index contributed by atoms with van der Waals surface area (Å²) in [6, 6.07) is 10.1. The Balaban J connectivity index is 1.97. The molecular weight excluding hydrogens is 434 g/mol. The van der Waals surface area contributed by atoms with Crippen molar-refractivity contribution in [2.45, 2.75) is 84.1 Å². The highest BCUT2D eigenvalue weighted by Gasteiger charge is 2.28. The first-order valence-electron chi connectivity index (χ1n) is 12.4. The molecule has 1 aromatic carbocycles. The molecule has 2 amide bonds. The van der Waals surface area contributed by atoms with Gasteiger partial charge in [-0.05, 0) is 43.1 Å². The number of carbonyl (C=O) groups is 2. The van der Waals surface area contributed by atoms with Crippen LogP contribution in [-0.2, 0) is 16.0 Å². The van der Waals surface area contributed by atoms with Gasteiger partial charge in [0.05, 0.1) is 11.0 Å². The number of aryl methyl sites for hydroxylation is 1. The van der Waals surface area contributed by atoms with Gasteiger partial charge < -0.3 is 10.6 Å². The van der Waals surface area contributed by atoms with Gasteiger partial charge in [0.25, 0.3) is 0 Å². The maximum Gasteiger partial charge on any atom is 0.244 e. The third-order valence-corrected chi connectivity index (χ3v) is 6.82. The SMILES string of the molecule is CC(C)CC(CC(=O)NO)C(=O)NC(CC1CCCCC1)C(=S)NCCCc1ccccc1. The van der Waals surface area contributed by atoms with E-state index in [0.717, 1.165) is 25.8 Å². The van der Waals surface area contributed by atoms with E-state index in [-0.39, 0.29) is 24.3 Å². The van der Waals surface area contributed by atoms with Crippen LogP contribution in [0.2, 0.25) is 0 Å². The third kappa shape index (κ3) is 10.7. The Morgan fingerprint density at radius 2 is 1.82 bits per heavy atom. The van der Waals surface area contributed by atoms with Crippen molar-refractivity contribution in [3.63, 3.8) is 0 Å². The predicted octanol–water partition coefficient (Wildman–Crippen LogP) is 4.55. The second kappa shape index (κ2) is 15.0. The largest absolute Gasteiger partial charge is 0.378 e. The van der Waals surface area contributed by atoms with E-state index in [1.165, 1.54) is 37.7 Å². The van der Waals surface area contributed by atoms with Crippen molar-refractivity contribution in [1.29, 1.82) is 0 Å². The Morgan fingerprint density at radius 1 is 1.12 bits per heavy atom. The van der Waals surface area contributed by atoms with Crippen molar-refractivity contribution < 1.29 is 14.8 Å². The van der Waals surface area contributed by atoms with Crippen LogP contribution in [0.25, 0.3) is 0 Å². The highest BCUT2D eigenvalue weighted by atomic mass is 32.1. The first-order valence-corrected chi connectivity index (χ1v) is 12.8. The molecule has 0 heterocycles. The lowest BCUT2D eigenvalue weighted by Crippen LogP contribution is -2.49. The fraction of sp³-hybridized carbons (Fsp3) is 0.654. The van der Waals surface area contributed by atoms with Crippen molar-refractivity contribution in [3.05, 3.63) is 35.9 Å². The topological polar surface area (TPSA) is 90.5 Å². The number of hydroxylamine groups is 1. The lowest BCUT2D eigenvalue weighted by molar-refractivity contribution is -0.135. The number of hydrogen-bond acceptors (Lipinski definition) is 4. The van der Waals surface area contributed by atoms with Crippen LogP contribution in [-0.4, -0.2) is 34.6 Å². The van der Waals surface area contributed by atoms with Crippen molar-refractivity contribution in [3.8, 4) is 0 Å². The summed E-state index contributed by atoms with van der Waals surface area (Å²) in [6.07, 6.45) is 9.39. The monoisotopic (exact) mass is 475 g/mol. The molecule has 0 aliphatic heterocycles. The summed E-state index contributed by atoms with van der Waals surface area (Å²) in [4.78, 5) is 25.6. The highest BCUT2D eigenvalue weighted by Crippen LogP contribution is 2.28. The zero-order valence-electron chi connectivity index (χ0n) is 20.1. The normalized spacial score (nSPS) is 16.1. The summed E-state index contributed by atoms with van der Waals surface area (Å²) >= 11 is 5.73. The molecule has 2 atom stereocenters. The molecule has 1 fully saturated rings. The molecule has 1 saturated carbocycles. The van der Waals surface area contributed by atoms with Gasteiger partial charge in [-0.15, -0.1) is 0 Å². The van der Waals surface area contributed by atoms with Crippen molar-refractivity contribution in [1.82, 2.24) is 16.1 Å². The van der Waals surface area contributed by atoms with E-state index < -0.39 is 11.8 Å². The number of thiocarbonyl (C=S) groups is 1. The van der Waals surface area contributed by atoms with E-state index in [2.05, 4.69) is 22.8 Å². The fourth-order valence-electron chi connectivity index (χ4n) is 4.67. The Morgan fingerprint density at radius 3 is 2.45 bits per heavy atom. The molecule has 1 aliphatic carbocycles. The number of benzene rings is 1. The molecule has 0 spiro atoms. The predicted molar refractivity (Wildman–Crippen MR) is 136 cm³/mol. The molecule has 0 bridgehead atoms. The number of nitrogens with one attached hydrogen (secondary N) is 3. The summed E-state index contributed by atoms with van der Waals surface area (Å²) < 4.78 is 0. The van der Waals surface area contributed by atoms with E-state index in [0.29, 0.717) is 17.3 Å². The quantitative estimate of drug-likeness (QED) is 0.145. The molecule has 33 heavy (non-hydrogen) atoms. The van der Waals surface area contributed by atoms with Gasteiger partial charge in [-0.25, -0.2) is 5.48 Å². The van der Waals surface area contributed by atoms with Gasteiger partial charge in [-0.2, -0.15) is 0 Å². The number of carbonyl (C=O) groups excluding carboxylic acids is 2. The van der Waals surface area contributed by atoms with Crippen LogP contribution >= 0.6 is 12.2 Å². The van der Waals surface area contributed by atoms with Crippen LogP contribution in [0, 0.1) is 17.8 Å². The summed E-state index contributed by atoms with van der Waals surface area (Å²) in [5, 5.41) is 15.5. The van der Waals surface area contributed by atoms with Crippen LogP contribution in [0.4, 0.5) is 0 Å². The van der Waals surface area contributed by atoms with Crippen LogP contribution in [0.1, 0.15) is 77.2 Å². The third-order valence-electron chi connectivity index (χ3n) is 6.39. The van der Waals surface area contributed by atoms with Crippen molar-refractivity contribution in [2.75, 3.05) is 6.54 Å². The standard InChI is InChI=1S/C26H41N3O3S/c1-19(2)16-22(18-24(30)29-32)25(31)28-23(17-21-12-7-4-8-13-21)26(33)27-15-9-14-20-10-5-3-6-11-20/h3,5-6,10-11,19,21-23,32H,4,7-9,12-18H2,1-2H3,(H,27,33)(H,28,31)(H,29,30). The molecule has 2 unspecified atom stereocenters. The molecule has 184 valence electrons. The van der Waals surface area contributed by atoms with Crippen LogP contribution < -0.4 is 16.1 Å². The Labute approximate surface area is 204 Å². The summed E-state index contributed by atoms with van der Waals surface area (Å²) in [6.45, 7) is 4.80. The Hall–Kier alpha value is -1.99. The summed E-state index contributed by atoms with van der Waals surface area (Å²) in [7, 11) is 0. The van der Waals surface area contributed by atoms with Crippen molar-refractivity contribution in [2.24, 2.45) is 17.8 Å². The molecule has 4 N–H and O–H groups in total. The Bertz CT molecular complexity index is 736. The molecule has 7 heteroatoms. The number of hydrogen-bond donors (Lipinski definition) is 4. The summed E-state index contributed by atoms with van der Waals surface area (Å²) in [5.41, 5.74) is 2.96. The number of amides is 2. The van der Waals surface area contributed by atoms with E-state index in [1.807, 2.05) is 32.0 Å². The maximum absolute atomic E-state index is 13.1. The molecule has 2 rings (SSSR count). The minimum atomic E-state index is -0.541. The van der Waals surface area contributed by atoms with Gasteiger partial charge in [0, 0.05) is 18.9 Å². The van der Waals surface area contributed by atoms with Crippen LogP contribution in [0.5, 0.6) is 0 Å². The average Bonchev–Trinajstić information content (AvgIpc) is 2.81. The highest BCUT2D eigenvalue weighted by molar-refractivity contribution is 7.80. The van der Waals surface area contributed by atoms with Gasteiger partial charge in [-0.3, -0.25) is 14.8 Å². The van der Waals surface area contributed by atoms with Crippen LogP contribution in [0.15, 0.2) is 30.3 Å². The molecule has 6 nitrogen and oxygen atoms in total. The fourth-order valence-corrected chi connectivity index (χ4v) is 4.93. The lowest BCUT2D eigenvalue weighted by Gasteiger charge is -2.29. The van der Waals surface area contributed by atoms with Gasteiger partial charge >= 0.3 is 0 Å². The second-order valence-electron chi connectivity index (χ2n) is 9.75. The minimum Gasteiger partial charge on any atom is -0.378 e. The first-order chi connectivity index (χ1) is 15.9. The van der Waals surface area contributed by atoms with E-state index >= 15 is 0 Å². The second-order valence-corrected chi connectivity index (χ2v) is 10.2. The average molecular weight is 476 g/mol. The first kappa shape index (κ1) is 27.3. The molecule has 1 aromatic rings. The molecule has 0 saturated heterocycles. The summed E-state index contributed by atoms with van der Waals surface area (Å²) in [5.74, 6) is -0.390. The molecule has 1 aliphatic rings. The van der Waals surface area contributed by atoms with Gasteiger partial charge in [0.2, 0.25) is 11.8 Å². The maximum atomic E-state index is 13.1.